The van der Waals surface area contributed by atoms with Crippen LogP contribution >= 0.6 is 11.6 Å². The number of aromatic nitrogens is 3. The largest absolute Gasteiger partial charge is 0.490 e. The molecule has 3 atom stereocenters. The molecule has 7 N–H and O–H groups in total. The van der Waals surface area contributed by atoms with Gasteiger partial charge in [0.2, 0.25) is 17.7 Å². The number of aliphatic hydroxyl groups is 1. The second kappa shape index (κ2) is 31.8. The molecule has 0 fully saturated rings. The summed E-state index contributed by atoms with van der Waals surface area (Å²) < 4.78 is 27.8. The zero-order valence-corrected chi connectivity index (χ0v) is 52.4. The monoisotopic (exact) mass is 1220 g/mol. The first-order chi connectivity index (χ1) is 41.1. The molecule has 6 aromatic rings. The fourth-order valence-electron chi connectivity index (χ4n) is 8.91. The second-order valence-corrected chi connectivity index (χ2v) is 24.3. The Bertz CT molecular complexity index is 3210. The topological polar surface area (TPSA) is 290 Å². The van der Waals surface area contributed by atoms with E-state index in [4.69, 9.17) is 51.3 Å². The number of nitrogens with zero attached hydrogens (tertiary/aromatic N) is 3. The normalized spacial score (nSPS) is 15.6. The van der Waals surface area contributed by atoms with Crippen LogP contribution < -0.4 is 36.1 Å². The Morgan fingerprint density at radius 2 is 0.828 bits per heavy atom. The van der Waals surface area contributed by atoms with Crippen LogP contribution in [0.5, 0.6) is 17.2 Å². The first-order valence-corrected chi connectivity index (χ1v) is 28.9. The maximum absolute atomic E-state index is 12.1. The molecule has 0 saturated carbocycles. The minimum Gasteiger partial charge on any atom is -0.490 e. The fourth-order valence-corrected chi connectivity index (χ4v) is 9.07. The third kappa shape index (κ3) is 21.5. The maximum Gasteiger partial charge on any atom is 0.337 e. The van der Waals surface area contributed by atoms with Gasteiger partial charge in [-0.15, -0.1) is 0 Å². The van der Waals surface area contributed by atoms with E-state index in [1.165, 1.54) is 30.9 Å². The van der Waals surface area contributed by atoms with E-state index < -0.39 is 16.7 Å². The van der Waals surface area contributed by atoms with Gasteiger partial charge in [-0.3, -0.25) is 24.4 Å². The molecule has 9 rings (SSSR count). The van der Waals surface area contributed by atoms with Crippen molar-refractivity contribution < 1.29 is 62.8 Å². The standard InChI is InChI=1S/C22H26N2O4.C21H25N3O4.C17H16ClNO3.C5H11NO.CH4O/c1-22(2,3)21(26)24-19-13-18(9-10-23-19)28-17-8-7-14-11-16(20(25)27-4)6-5-15(14)12-17;1-21(2,3)20(26)23-18-12-17(8-9-22-18)28-16-7-6-13-10-15(19(25)24-27)5-4-14(13)11-16;1-21-17(20)13-3-2-12-9-14(5-4-11(12)8-13)22-15-6-7-19-16(18)10-15;1-5(2,3)4(6)7;1-2/h5-6,9-11,13,17H,7-8,12H2,1-4H3,(H,23,24,26);4-5,8-10,12,16,27H,6-7,11H2,1-3H3,(H,24,25)(H,22,23,26);2-3,6-8,10,14H,4-5,9H2,1H3;1-3H3,(H2,6,7);2H,1H3. The van der Waals surface area contributed by atoms with Crippen molar-refractivity contribution >= 4 is 58.8 Å². The van der Waals surface area contributed by atoms with E-state index in [1.54, 1.807) is 93.4 Å². The Balaban J connectivity index is 0.000000223. The van der Waals surface area contributed by atoms with Crippen LogP contribution in [0.25, 0.3) is 0 Å². The lowest BCUT2D eigenvalue weighted by molar-refractivity contribution is -0.125. The second-order valence-electron chi connectivity index (χ2n) is 23.9. The number of carbonyl (C=O) groups excluding carboxylic acids is 6. The highest BCUT2D eigenvalue weighted by atomic mass is 35.5. The third-order valence-electron chi connectivity index (χ3n) is 14.0. The molecule has 0 saturated heterocycles. The number of nitrogens with two attached hydrogens (primary N) is 1. The van der Waals surface area contributed by atoms with E-state index in [2.05, 4.69) is 25.6 Å². The number of ether oxygens (including phenoxy) is 5. The number of amides is 4. The Kier molecular flexibility index (Phi) is 25.3. The molecule has 3 unspecified atom stereocenters. The fraction of sp³-hybridized carbons (Fsp3) is 0.409. The van der Waals surface area contributed by atoms with Gasteiger partial charge in [-0.2, -0.15) is 0 Å². The first kappa shape index (κ1) is 69.3. The van der Waals surface area contributed by atoms with Crippen LogP contribution in [0.15, 0.2) is 110 Å². The van der Waals surface area contributed by atoms with E-state index in [0.29, 0.717) is 45.0 Å². The van der Waals surface area contributed by atoms with Crippen molar-refractivity contribution in [1.82, 2.24) is 20.4 Å². The molecule has 3 aliphatic carbocycles. The van der Waals surface area contributed by atoms with Crippen molar-refractivity contribution in [3.05, 3.63) is 165 Å². The van der Waals surface area contributed by atoms with Gasteiger partial charge in [0, 0.05) is 85.0 Å². The smallest absolute Gasteiger partial charge is 0.337 e. The van der Waals surface area contributed by atoms with Gasteiger partial charge in [-0.1, -0.05) is 92.1 Å². The summed E-state index contributed by atoms with van der Waals surface area (Å²) in [5.74, 6) is 1.44. The number of hydrogen-bond donors (Lipinski definition) is 6. The van der Waals surface area contributed by atoms with Gasteiger partial charge in [0.05, 0.1) is 25.3 Å². The van der Waals surface area contributed by atoms with Gasteiger partial charge in [0.15, 0.2) is 0 Å². The molecule has 87 heavy (non-hydrogen) atoms. The Morgan fingerprint density at radius 1 is 0.494 bits per heavy atom. The SMILES string of the molecule is CC(C)(C)C(=O)Nc1cc(OC2CCc3cc(C(=O)NO)ccc3C2)ccn1.CC(C)(C)C(N)=O.CO.COC(=O)c1ccc2c(c1)CCC(Oc1ccnc(Cl)c1)C2.COC(=O)c1ccc2c(c1)CCC(Oc1ccnc(NC(=O)C(C)(C)C)c1)C2. The summed E-state index contributed by atoms with van der Waals surface area (Å²) >= 11 is 5.87. The average molecular weight is 1220 g/mol. The molecule has 0 spiro atoms. The molecular weight excluding hydrogens is 1130 g/mol. The lowest BCUT2D eigenvalue weighted by Gasteiger charge is -2.26. The minimum atomic E-state index is -0.511. The number of benzene rings is 3. The Labute approximate surface area is 514 Å². The van der Waals surface area contributed by atoms with E-state index in [1.807, 2.05) is 84.0 Å². The van der Waals surface area contributed by atoms with Gasteiger partial charge in [0.25, 0.3) is 5.91 Å². The molecule has 21 heteroatoms. The van der Waals surface area contributed by atoms with E-state index in [-0.39, 0.29) is 53.4 Å². The summed E-state index contributed by atoms with van der Waals surface area (Å²) in [7, 11) is 3.78. The number of methoxy groups -OCH3 is 2. The molecular formula is C66H82ClN7O13. The Hall–Kier alpha value is -8.46. The molecule has 0 bridgehead atoms. The predicted molar refractivity (Wildman–Crippen MR) is 331 cm³/mol. The van der Waals surface area contributed by atoms with Crippen LogP contribution in [0.3, 0.4) is 0 Å². The molecule has 3 aromatic carbocycles. The number of rotatable bonds is 11. The summed E-state index contributed by atoms with van der Waals surface area (Å²) in [4.78, 5) is 81.7. The molecule has 0 aliphatic heterocycles. The van der Waals surface area contributed by atoms with Gasteiger partial charge < -0.3 is 45.2 Å². The summed E-state index contributed by atoms with van der Waals surface area (Å²) in [5.41, 5.74) is 13.8. The highest BCUT2D eigenvalue weighted by molar-refractivity contribution is 6.29. The predicted octanol–water partition coefficient (Wildman–Crippen LogP) is 10.5. The van der Waals surface area contributed by atoms with Crippen LogP contribution in [-0.2, 0) is 62.4 Å². The molecule has 3 aliphatic rings. The van der Waals surface area contributed by atoms with Gasteiger partial charge in [0.1, 0.15) is 52.3 Å². The molecule has 4 amide bonds. The van der Waals surface area contributed by atoms with Crippen molar-refractivity contribution in [2.75, 3.05) is 32.0 Å². The van der Waals surface area contributed by atoms with Gasteiger partial charge in [-0.25, -0.2) is 30.0 Å². The number of fused-ring (bicyclic) bond motifs is 3. The lowest BCUT2D eigenvalue weighted by atomic mass is 9.88. The minimum absolute atomic E-state index is 0.00131. The zero-order chi connectivity index (χ0) is 64.2. The summed E-state index contributed by atoms with van der Waals surface area (Å²) in [5, 5.41) is 21.8. The van der Waals surface area contributed by atoms with Crippen LogP contribution in [0, 0.1) is 16.2 Å². The first-order valence-electron chi connectivity index (χ1n) is 28.5. The number of carbonyl (C=O) groups is 6. The molecule has 20 nitrogen and oxygen atoms in total. The lowest BCUT2D eigenvalue weighted by Crippen LogP contribution is -2.28. The third-order valence-corrected chi connectivity index (χ3v) is 14.2. The van der Waals surface area contributed by atoms with Crippen molar-refractivity contribution in [3.8, 4) is 17.2 Å². The van der Waals surface area contributed by atoms with Gasteiger partial charge in [-0.05, 0) is 127 Å². The highest BCUT2D eigenvalue weighted by Gasteiger charge is 2.27. The van der Waals surface area contributed by atoms with Crippen molar-refractivity contribution in [1.29, 1.82) is 0 Å². The highest BCUT2D eigenvalue weighted by Crippen LogP contribution is 2.31. The number of nitrogens with one attached hydrogen (secondary N) is 3. The van der Waals surface area contributed by atoms with Crippen LogP contribution in [0.4, 0.5) is 11.6 Å². The number of esters is 2. The summed E-state index contributed by atoms with van der Waals surface area (Å²) in [6, 6.07) is 27.3. The number of hydrogen-bond acceptors (Lipinski definition) is 16. The number of halogens is 1. The van der Waals surface area contributed by atoms with Crippen LogP contribution in [0.2, 0.25) is 5.15 Å². The quantitative estimate of drug-likeness (QED) is 0.0304. The number of pyridine rings is 3. The van der Waals surface area contributed by atoms with Crippen LogP contribution in [0.1, 0.15) is 146 Å². The van der Waals surface area contributed by atoms with E-state index >= 15 is 0 Å². The van der Waals surface area contributed by atoms with Crippen molar-refractivity contribution in [2.45, 2.75) is 138 Å². The van der Waals surface area contributed by atoms with E-state index in [0.717, 1.165) is 87.3 Å². The van der Waals surface area contributed by atoms with Crippen LogP contribution in [-0.4, -0.2) is 100 Å². The molecule has 3 heterocycles. The van der Waals surface area contributed by atoms with Gasteiger partial charge >= 0.3 is 11.9 Å². The number of aryl methyl sites for hydroxylation is 3. The molecule has 0 radical (unpaired) electrons. The average Bonchev–Trinajstić information content (AvgIpc) is 1.72. The summed E-state index contributed by atoms with van der Waals surface area (Å²) in [6.07, 6.45) is 12.4. The van der Waals surface area contributed by atoms with E-state index in [9.17, 15) is 28.8 Å². The number of primary amides is 1. The maximum atomic E-state index is 12.1. The summed E-state index contributed by atoms with van der Waals surface area (Å²) in [6.45, 7) is 16.5. The zero-order valence-electron chi connectivity index (χ0n) is 51.7. The number of aliphatic hydroxyl groups excluding tert-OH is 1. The van der Waals surface area contributed by atoms with Crippen molar-refractivity contribution in [3.63, 3.8) is 0 Å². The number of hydroxylamine groups is 1. The Morgan fingerprint density at radius 3 is 1.15 bits per heavy atom. The molecule has 3 aromatic heterocycles. The molecule has 466 valence electrons. The number of anilines is 2. The van der Waals surface area contributed by atoms with Crippen molar-refractivity contribution in [2.24, 2.45) is 22.0 Å².